The first-order valence-electron chi connectivity index (χ1n) is 37.4. The molecule has 0 aliphatic rings. The smallest absolute Gasteiger partial charge is 0.339 e. The fourth-order valence-corrected chi connectivity index (χ4v) is 18.1. The molecule has 5 heterocycles. The van der Waals surface area contributed by atoms with E-state index >= 15 is 0 Å². The van der Waals surface area contributed by atoms with E-state index in [4.69, 9.17) is 11.6 Å². The molecule has 5 amide bonds. The monoisotopic (exact) mass is 2070 g/mol. The zero-order valence-electron chi connectivity index (χ0n) is 66.6. The lowest BCUT2D eigenvalue weighted by atomic mass is 10.0. The van der Waals surface area contributed by atoms with Crippen molar-refractivity contribution in [2.45, 2.75) is 33.6 Å². The Bertz CT molecular complexity index is 6430. The molecule has 15 rings (SSSR count). The molecule has 0 aliphatic carbocycles. The number of aryl methyl sites for hydroxylation is 3. The Kier molecular flexibility index (Phi) is 32.6. The zero-order valence-corrected chi connectivity index (χ0v) is 77.7. The van der Waals surface area contributed by atoms with Gasteiger partial charge in [-0.1, -0.05) is 219 Å². The third-order valence-corrected chi connectivity index (χ3v) is 25.3. The van der Waals surface area contributed by atoms with Gasteiger partial charge in [-0.05, 0) is 170 Å². The molecule has 0 fully saturated rings. The van der Waals surface area contributed by atoms with Gasteiger partial charge in [0.05, 0.1) is 0 Å². The van der Waals surface area contributed by atoms with Crippen molar-refractivity contribution in [1.82, 2.24) is 0 Å². The minimum atomic E-state index is -3.00. The third kappa shape index (κ3) is 25.2. The number of thiophene rings is 5. The van der Waals surface area contributed by atoms with Gasteiger partial charge in [-0.25, -0.2) is 32.8 Å². The van der Waals surface area contributed by atoms with Crippen LogP contribution in [-0.2, 0) is 5.92 Å². The van der Waals surface area contributed by atoms with E-state index in [0.717, 1.165) is 75.1 Å². The number of nitrogens with one attached hydrogen (secondary N) is 5. The van der Waals surface area contributed by atoms with Crippen LogP contribution in [0.3, 0.4) is 0 Å². The van der Waals surface area contributed by atoms with E-state index < -0.39 is 41.7 Å². The molecule has 0 unspecified atom stereocenters. The van der Waals surface area contributed by atoms with Gasteiger partial charge in [0.2, 0.25) is 0 Å². The van der Waals surface area contributed by atoms with Gasteiger partial charge in [0.1, 0.15) is 52.8 Å². The second-order valence-corrected chi connectivity index (χ2v) is 36.0. The summed E-state index contributed by atoms with van der Waals surface area (Å²) >= 11 is 25.2. The SMILES string of the molecule is CC(F)(F)c1ccc(C(=O)Nc2scc(-c3ccc(Br)cc3)c2C(=O)O)cc1.Cc1ccc(C(=O)Nc2scc(-c3ccc(Br)cc3)c2C(=O)O)cc1.Cc1cccc(C(=O)Nc2scc(-c3ccc(Br)cc3)c2C(=O)O)c1.Cc1cccc(C(=O)Nc2scc(-c3ccc(Cl)cc3)c2C(=O)O)c1.O=C(Nc1scc(-c2ccc(Br)cc2)c1C(=O)O)c1ccccc1. The van der Waals surface area contributed by atoms with Crippen molar-refractivity contribution in [3.63, 3.8) is 0 Å². The quantitative estimate of drug-likeness (QED) is 0.0320. The average Bonchev–Trinajstić information content (AvgIpc) is 1.68. The van der Waals surface area contributed by atoms with Crippen molar-refractivity contribution < 1.29 is 82.3 Å². The van der Waals surface area contributed by atoms with Crippen molar-refractivity contribution in [2.24, 2.45) is 0 Å². The van der Waals surface area contributed by atoms with E-state index in [1.54, 1.807) is 148 Å². The summed E-state index contributed by atoms with van der Waals surface area (Å²) in [5.74, 6) is -10.4. The van der Waals surface area contributed by atoms with E-state index in [1.165, 1.54) is 69.6 Å². The van der Waals surface area contributed by atoms with Gasteiger partial charge in [0, 0.05) is 118 Å². The summed E-state index contributed by atoms with van der Waals surface area (Å²) in [6.45, 7) is 6.50. The van der Waals surface area contributed by atoms with Gasteiger partial charge >= 0.3 is 29.8 Å². The van der Waals surface area contributed by atoms with Crippen LogP contribution in [0.25, 0.3) is 55.6 Å². The normalized spacial score (nSPS) is 10.6. The molecule has 642 valence electrons. The van der Waals surface area contributed by atoms with Crippen molar-refractivity contribution in [3.05, 3.63) is 376 Å². The highest BCUT2D eigenvalue weighted by Crippen LogP contribution is 2.43. The average molecular weight is 2070 g/mol. The Balaban J connectivity index is 0.000000154. The van der Waals surface area contributed by atoms with Gasteiger partial charge in [0.25, 0.3) is 35.5 Å². The van der Waals surface area contributed by atoms with Crippen LogP contribution in [-0.4, -0.2) is 84.9 Å². The molecule has 32 heteroatoms. The lowest BCUT2D eigenvalue weighted by Crippen LogP contribution is -2.14. The first-order chi connectivity index (χ1) is 60.6. The summed E-state index contributed by atoms with van der Waals surface area (Å²) in [4.78, 5) is 121. The summed E-state index contributed by atoms with van der Waals surface area (Å²) < 4.78 is 30.2. The van der Waals surface area contributed by atoms with Gasteiger partial charge in [-0.15, -0.1) is 56.7 Å². The largest absolute Gasteiger partial charge is 0.478 e. The highest BCUT2D eigenvalue weighted by atomic mass is 79.9. The van der Waals surface area contributed by atoms with Gasteiger partial charge < -0.3 is 52.1 Å². The van der Waals surface area contributed by atoms with Crippen molar-refractivity contribution in [1.29, 1.82) is 0 Å². The molecule has 0 spiro atoms. The number of halogens is 7. The Labute approximate surface area is 783 Å². The van der Waals surface area contributed by atoms with E-state index in [2.05, 4.69) is 90.3 Å². The first-order valence-corrected chi connectivity index (χ1v) is 45.4. The molecule has 0 radical (unpaired) electrons. The predicted molar refractivity (Wildman–Crippen MR) is 515 cm³/mol. The molecule has 0 aliphatic heterocycles. The van der Waals surface area contributed by atoms with E-state index in [9.17, 15) is 82.3 Å². The second-order valence-electron chi connectivity index (χ2n) is 27.5. The van der Waals surface area contributed by atoms with Crippen LogP contribution in [0.5, 0.6) is 0 Å². The number of rotatable bonds is 21. The molecule has 0 bridgehead atoms. The van der Waals surface area contributed by atoms with Gasteiger partial charge in [0.15, 0.2) is 0 Å². The molecule has 127 heavy (non-hydrogen) atoms. The number of carbonyl (C=O) groups excluding carboxylic acids is 5. The van der Waals surface area contributed by atoms with Crippen molar-refractivity contribution in [3.8, 4) is 55.6 Å². The number of carboxylic acids is 5. The Morgan fingerprint density at radius 2 is 0.520 bits per heavy atom. The molecule has 10 aromatic carbocycles. The molecule has 15 aromatic rings. The number of alkyl halides is 2. The Hall–Kier alpha value is -12.5. The zero-order chi connectivity index (χ0) is 91.5. The fourth-order valence-electron chi connectivity index (χ4n) is 12.2. The maximum Gasteiger partial charge on any atom is 0.339 e. The van der Waals surface area contributed by atoms with E-state index in [1.807, 2.05) is 124 Å². The van der Waals surface area contributed by atoms with Crippen molar-refractivity contribution in [2.75, 3.05) is 26.6 Å². The lowest BCUT2D eigenvalue weighted by molar-refractivity contribution is 0.0173. The van der Waals surface area contributed by atoms with Crippen LogP contribution >= 0.6 is 132 Å². The van der Waals surface area contributed by atoms with Crippen LogP contribution in [0.1, 0.15) is 133 Å². The van der Waals surface area contributed by atoms with E-state index in [0.29, 0.717) is 80.7 Å². The topological polar surface area (TPSA) is 332 Å². The van der Waals surface area contributed by atoms with Crippen LogP contribution in [0, 0.1) is 20.8 Å². The minimum Gasteiger partial charge on any atom is -0.478 e. The van der Waals surface area contributed by atoms with Gasteiger partial charge in [-0.2, -0.15) is 0 Å². The molecule has 10 N–H and O–H groups in total. The number of benzene rings is 10. The molecule has 0 saturated heterocycles. The predicted octanol–water partition coefficient (Wildman–Crippen LogP) is 27.6. The van der Waals surface area contributed by atoms with Gasteiger partial charge in [-0.3, -0.25) is 24.0 Å². The Morgan fingerprint density at radius 3 is 0.764 bits per heavy atom. The molecule has 0 saturated carbocycles. The molecule has 20 nitrogen and oxygen atoms in total. The number of anilines is 5. The van der Waals surface area contributed by atoms with E-state index in [-0.39, 0.29) is 67.6 Å². The number of hydrogen-bond acceptors (Lipinski definition) is 15. The summed E-state index contributed by atoms with van der Waals surface area (Å²) in [7, 11) is 0. The van der Waals surface area contributed by atoms with Crippen molar-refractivity contribution >= 4 is 216 Å². The number of carbonyl (C=O) groups is 10. The minimum absolute atomic E-state index is 0.0163. The highest BCUT2D eigenvalue weighted by molar-refractivity contribution is 9.11. The third-order valence-electron chi connectivity index (χ3n) is 18.5. The summed E-state index contributed by atoms with van der Waals surface area (Å²) in [6.07, 6.45) is 0. The number of amides is 5. The molecular formula is C95H68Br4ClF2N5O15S5. The fraction of sp³-hybridized carbons (Fsp3) is 0.0526. The molecular weight excluding hydrogens is 2000 g/mol. The Morgan fingerprint density at radius 1 is 0.291 bits per heavy atom. The van der Waals surface area contributed by atoms with Crippen LogP contribution in [0.4, 0.5) is 33.8 Å². The second kappa shape index (κ2) is 43.6. The van der Waals surface area contributed by atoms with Crippen LogP contribution in [0.15, 0.2) is 294 Å². The standard InChI is InChI=1S/C20H14BrF2NO3S.2C19H14BrNO3S.C19H14ClNO3S.C18H12BrNO3S/c1-20(22,23)13-6-2-12(3-7-13)17(25)24-18-16(19(26)27)15(10-28-18)11-4-8-14(21)9-5-11;1-11-2-4-13(5-3-11)17(22)21-18-16(19(23)24)15(10-25-18)12-6-8-14(20)9-7-12;2*1-11-3-2-4-13(9-11)17(22)21-18-16(19(23)24)15(10-25-18)12-5-7-14(20)8-6-12;19-13-8-6-11(7-9-13)14-10-24-17(15(14)18(22)23)20-16(21)12-4-2-1-3-5-12/h2-10H,1H3,(H,24,25)(H,26,27);3*2-10H,1H3,(H,21,22)(H,23,24);1-10H,(H,20,21)(H,22,23). The number of carboxylic acid groups (broad SMARTS) is 5. The number of aromatic carboxylic acids is 5. The molecule has 5 aromatic heterocycles. The molecule has 0 atom stereocenters. The summed E-state index contributed by atoms with van der Waals surface area (Å²) in [5.41, 5.74) is 11.8. The summed E-state index contributed by atoms with van der Waals surface area (Å²) in [5, 5.41) is 72.1. The van der Waals surface area contributed by atoms with Crippen LogP contribution < -0.4 is 26.6 Å². The number of hydrogen-bond donors (Lipinski definition) is 10. The maximum atomic E-state index is 13.3. The summed E-state index contributed by atoms with van der Waals surface area (Å²) in [6, 6.07) is 71.2. The van der Waals surface area contributed by atoms with Crippen LogP contribution in [0.2, 0.25) is 5.02 Å². The lowest BCUT2D eigenvalue weighted by Gasteiger charge is -2.11. The first kappa shape index (κ1) is 95.1. The highest BCUT2D eigenvalue weighted by Gasteiger charge is 2.29. The maximum absolute atomic E-state index is 13.3.